The first kappa shape index (κ1) is 19.4. The molecule has 0 atom stereocenters. The van der Waals surface area contributed by atoms with E-state index in [4.69, 9.17) is 11.6 Å². The number of nitrogens with zero attached hydrogens (tertiary/aromatic N) is 5. The fourth-order valence-corrected chi connectivity index (χ4v) is 6.57. The van der Waals surface area contributed by atoms with Crippen LogP contribution >= 0.6 is 22.9 Å². The fourth-order valence-electron chi connectivity index (χ4n) is 3.51. The molecule has 0 amide bonds. The lowest BCUT2D eigenvalue weighted by Crippen LogP contribution is -2.48. The molecule has 4 rings (SSSR count). The molecule has 0 N–H and O–H groups in total. The van der Waals surface area contributed by atoms with Gasteiger partial charge in [0, 0.05) is 32.4 Å². The van der Waals surface area contributed by atoms with Crippen LogP contribution in [0.5, 0.6) is 0 Å². The number of piperazine rings is 1. The second-order valence-electron chi connectivity index (χ2n) is 6.57. The molecule has 0 radical (unpaired) electrons. The highest BCUT2D eigenvalue weighted by molar-refractivity contribution is 7.91. The van der Waals surface area contributed by atoms with Gasteiger partial charge in [-0.3, -0.25) is 0 Å². The summed E-state index contributed by atoms with van der Waals surface area (Å²) in [5.41, 5.74) is 2.95. The van der Waals surface area contributed by atoms with Crippen molar-refractivity contribution in [3.8, 4) is 5.82 Å². The van der Waals surface area contributed by atoms with Crippen molar-refractivity contribution in [2.75, 3.05) is 31.1 Å². The minimum absolute atomic E-state index is 0.293. The molecule has 1 aliphatic heterocycles. The first-order valence-corrected chi connectivity index (χ1v) is 11.5. The third-order valence-corrected chi connectivity index (χ3v) is 8.41. The predicted octanol–water partition coefficient (Wildman–Crippen LogP) is 3.11. The monoisotopic (exact) mass is 437 g/mol. The molecule has 7 nitrogen and oxygen atoms in total. The van der Waals surface area contributed by atoms with Gasteiger partial charge >= 0.3 is 0 Å². The van der Waals surface area contributed by atoms with E-state index >= 15 is 0 Å². The molecule has 0 saturated carbocycles. The maximum Gasteiger partial charge on any atom is 0.252 e. The Morgan fingerprint density at radius 3 is 2.43 bits per heavy atom. The molecule has 4 heterocycles. The number of aryl methyl sites for hydroxylation is 1. The Labute approximate surface area is 173 Å². The van der Waals surface area contributed by atoms with Crippen LogP contribution in [0.4, 0.5) is 5.69 Å². The van der Waals surface area contributed by atoms with E-state index in [1.54, 1.807) is 18.3 Å². The summed E-state index contributed by atoms with van der Waals surface area (Å²) in [6, 6.07) is 8.91. The van der Waals surface area contributed by atoms with Gasteiger partial charge in [-0.2, -0.15) is 9.40 Å². The first-order valence-electron chi connectivity index (χ1n) is 8.86. The smallest absolute Gasteiger partial charge is 0.252 e. The van der Waals surface area contributed by atoms with E-state index in [1.165, 1.54) is 4.31 Å². The van der Waals surface area contributed by atoms with E-state index in [-0.39, 0.29) is 0 Å². The lowest BCUT2D eigenvalue weighted by atomic mass is 10.2. The lowest BCUT2D eigenvalue weighted by Gasteiger charge is -2.35. The summed E-state index contributed by atoms with van der Waals surface area (Å²) in [4.78, 5) is 6.57. The number of pyridine rings is 1. The second-order valence-corrected chi connectivity index (χ2v) is 10.4. The molecule has 0 unspecified atom stereocenters. The highest BCUT2D eigenvalue weighted by Crippen LogP contribution is 2.31. The third-order valence-electron chi connectivity index (χ3n) is 4.82. The van der Waals surface area contributed by atoms with Crippen LogP contribution in [0.1, 0.15) is 11.4 Å². The largest absolute Gasteiger partial charge is 0.366 e. The zero-order valence-corrected chi connectivity index (χ0v) is 17.9. The molecule has 0 aromatic carbocycles. The summed E-state index contributed by atoms with van der Waals surface area (Å²) in [5.74, 6) is 0.769. The number of hydrogen-bond donors (Lipinski definition) is 0. The van der Waals surface area contributed by atoms with Crippen molar-refractivity contribution in [2.45, 2.75) is 18.1 Å². The number of halogens is 1. The number of anilines is 1. The van der Waals surface area contributed by atoms with Gasteiger partial charge in [0.05, 0.1) is 21.4 Å². The van der Waals surface area contributed by atoms with Crippen molar-refractivity contribution in [3.63, 3.8) is 0 Å². The summed E-state index contributed by atoms with van der Waals surface area (Å²) >= 11 is 7.00. The molecule has 0 spiro atoms. The minimum atomic E-state index is -3.49. The maximum absolute atomic E-state index is 12.8. The molecular weight excluding hydrogens is 418 g/mol. The predicted molar refractivity (Wildman–Crippen MR) is 111 cm³/mol. The summed E-state index contributed by atoms with van der Waals surface area (Å²) in [6.45, 7) is 6.04. The standard InChI is InChI=1S/C18H20ClN5O2S2/c1-13-18(14(2)24(21-13)16-5-3-4-8-20-16)22-9-11-23(12-10-22)28(25,26)17-7-6-15(19)27-17/h3-8H,9-12H2,1-2H3. The fraction of sp³-hybridized carbons (Fsp3) is 0.333. The molecule has 1 saturated heterocycles. The molecule has 3 aromatic rings. The van der Waals surface area contributed by atoms with Crippen molar-refractivity contribution in [2.24, 2.45) is 0 Å². The normalized spacial score (nSPS) is 15.9. The van der Waals surface area contributed by atoms with Gasteiger partial charge in [0.1, 0.15) is 4.21 Å². The number of thiophene rings is 1. The van der Waals surface area contributed by atoms with Gasteiger partial charge in [0.15, 0.2) is 5.82 Å². The van der Waals surface area contributed by atoms with E-state index < -0.39 is 10.0 Å². The molecule has 10 heteroatoms. The lowest BCUT2D eigenvalue weighted by molar-refractivity contribution is 0.385. The molecule has 0 bridgehead atoms. The topological polar surface area (TPSA) is 71.3 Å². The Morgan fingerprint density at radius 2 is 1.82 bits per heavy atom. The van der Waals surface area contributed by atoms with Crippen LogP contribution < -0.4 is 4.90 Å². The van der Waals surface area contributed by atoms with Crippen molar-refractivity contribution in [3.05, 3.63) is 52.3 Å². The highest BCUT2D eigenvalue weighted by atomic mass is 35.5. The summed E-state index contributed by atoms with van der Waals surface area (Å²) in [6.07, 6.45) is 1.74. The zero-order valence-electron chi connectivity index (χ0n) is 15.5. The van der Waals surface area contributed by atoms with Crippen LogP contribution in [0.15, 0.2) is 40.7 Å². The second kappa shape index (κ2) is 7.47. The Kier molecular flexibility index (Phi) is 5.17. The molecule has 148 valence electrons. The van der Waals surface area contributed by atoms with E-state index in [1.807, 2.05) is 36.7 Å². The average Bonchev–Trinajstić information content (AvgIpc) is 3.26. The van der Waals surface area contributed by atoms with Crippen molar-refractivity contribution in [1.82, 2.24) is 19.1 Å². The van der Waals surface area contributed by atoms with Gasteiger partial charge in [0.2, 0.25) is 0 Å². The van der Waals surface area contributed by atoms with E-state index in [0.717, 1.165) is 34.2 Å². The summed E-state index contributed by atoms with van der Waals surface area (Å²) in [5, 5.41) is 4.64. The molecule has 0 aliphatic carbocycles. The number of aromatic nitrogens is 3. The molecular formula is C18H20ClN5O2S2. The van der Waals surface area contributed by atoms with E-state index in [2.05, 4.69) is 15.0 Å². The van der Waals surface area contributed by atoms with Crippen molar-refractivity contribution in [1.29, 1.82) is 0 Å². The molecule has 1 fully saturated rings. The minimum Gasteiger partial charge on any atom is -0.366 e. The third kappa shape index (κ3) is 3.43. The summed E-state index contributed by atoms with van der Waals surface area (Å²) in [7, 11) is -3.49. The van der Waals surface area contributed by atoms with Gasteiger partial charge in [-0.25, -0.2) is 18.1 Å². The molecule has 1 aliphatic rings. The first-order chi connectivity index (χ1) is 13.4. The van der Waals surface area contributed by atoms with Gasteiger partial charge in [-0.15, -0.1) is 11.3 Å². The van der Waals surface area contributed by atoms with Crippen LogP contribution in [-0.2, 0) is 10.0 Å². The van der Waals surface area contributed by atoms with E-state index in [0.29, 0.717) is 34.7 Å². The SMILES string of the molecule is Cc1nn(-c2ccccn2)c(C)c1N1CCN(S(=O)(=O)c2ccc(Cl)s2)CC1. The van der Waals surface area contributed by atoms with Crippen LogP contribution in [0, 0.1) is 13.8 Å². The van der Waals surface area contributed by atoms with Gasteiger partial charge < -0.3 is 4.90 Å². The Bertz CT molecular complexity index is 1090. The number of rotatable bonds is 4. The molecule has 3 aromatic heterocycles. The Hall–Kier alpha value is -1.94. The van der Waals surface area contributed by atoms with Crippen molar-refractivity contribution >= 4 is 38.6 Å². The van der Waals surface area contributed by atoms with Crippen LogP contribution in [-0.4, -0.2) is 53.7 Å². The highest BCUT2D eigenvalue weighted by Gasteiger charge is 2.31. The van der Waals surface area contributed by atoms with Crippen molar-refractivity contribution < 1.29 is 8.42 Å². The zero-order chi connectivity index (χ0) is 19.9. The molecule has 28 heavy (non-hydrogen) atoms. The van der Waals surface area contributed by atoms with Gasteiger partial charge in [-0.1, -0.05) is 17.7 Å². The maximum atomic E-state index is 12.8. The quantitative estimate of drug-likeness (QED) is 0.627. The Balaban J connectivity index is 1.54. The Morgan fingerprint density at radius 1 is 1.07 bits per heavy atom. The van der Waals surface area contributed by atoms with Crippen LogP contribution in [0.3, 0.4) is 0 Å². The average molecular weight is 438 g/mol. The van der Waals surface area contributed by atoms with Crippen LogP contribution in [0.25, 0.3) is 5.82 Å². The van der Waals surface area contributed by atoms with E-state index in [9.17, 15) is 8.42 Å². The van der Waals surface area contributed by atoms with Gasteiger partial charge in [0.25, 0.3) is 10.0 Å². The number of hydrogen-bond acceptors (Lipinski definition) is 6. The number of sulfonamides is 1. The summed E-state index contributed by atoms with van der Waals surface area (Å²) < 4.78 is 29.7. The van der Waals surface area contributed by atoms with Crippen LogP contribution in [0.2, 0.25) is 4.34 Å². The van der Waals surface area contributed by atoms with Gasteiger partial charge in [-0.05, 0) is 38.1 Å².